The highest BCUT2D eigenvalue weighted by molar-refractivity contribution is 6.05. The van der Waals surface area contributed by atoms with E-state index >= 15 is 0 Å². The summed E-state index contributed by atoms with van der Waals surface area (Å²) in [5, 5.41) is 3.22. The molecule has 1 atom stereocenters. The Kier molecular flexibility index (Phi) is 6.64. The van der Waals surface area contributed by atoms with Crippen LogP contribution in [0.2, 0.25) is 0 Å². The SMILES string of the molecule is CCCOCCCNC1CC(=O)N(C2CCCCC2)C1=O. The zero-order valence-electron chi connectivity index (χ0n) is 13.1. The fourth-order valence-electron chi connectivity index (χ4n) is 3.23. The second kappa shape index (κ2) is 8.49. The third kappa shape index (κ3) is 4.51. The van der Waals surface area contributed by atoms with Crippen molar-refractivity contribution in [3.63, 3.8) is 0 Å². The summed E-state index contributed by atoms with van der Waals surface area (Å²) in [4.78, 5) is 26.0. The zero-order chi connectivity index (χ0) is 15.1. The number of nitrogens with zero attached hydrogens (tertiary/aromatic N) is 1. The maximum atomic E-state index is 12.4. The minimum absolute atomic E-state index is 0.00614. The lowest BCUT2D eigenvalue weighted by Crippen LogP contribution is -2.45. The summed E-state index contributed by atoms with van der Waals surface area (Å²) in [5.41, 5.74) is 0. The summed E-state index contributed by atoms with van der Waals surface area (Å²) in [6.07, 6.45) is 7.69. The fraction of sp³-hybridized carbons (Fsp3) is 0.875. The Morgan fingerprint density at radius 1 is 1.19 bits per heavy atom. The summed E-state index contributed by atoms with van der Waals surface area (Å²) in [5.74, 6) is -0.00647. The van der Waals surface area contributed by atoms with Gasteiger partial charge in [0.1, 0.15) is 0 Å². The van der Waals surface area contributed by atoms with Gasteiger partial charge in [-0.2, -0.15) is 0 Å². The van der Waals surface area contributed by atoms with Crippen LogP contribution >= 0.6 is 0 Å². The average Bonchev–Trinajstić information content (AvgIpc) is 2.78. The Balaban J connectivity index is 1.73. The normalized spacial score (nSPS) is 24.0. The van der Waals surface area contributed by atoms with Crippen molar-refractivity contribution in [1.29, 1.82) is 0 Å². The average molecular weight is 296 g/mol. The van der Waals surface area contributed by atoms with Gasteiger partial charge in [0, 0.05) is 19.3 Å². The van der Waals surface area contributed by atoms with Crippen molar-refractivity contribution < 1.29 is 14.3 Å². The highest BCUT2D eigenvalue weighted by atomic mass is 16.5. The summed E-state index contributed by atoms with van der Waals surface area (Å²) < 4.78 is 5.41. The maximum Gasteiger partial charge on any atom is 0.247 e. The number of carbonyl (C=O) groups excluding carboxylic acids is 2. The summed E-state index contributed by atoms with van der Waals surface area (Å²) in [6.45, 7) is 4.31. The van der Waals surface area contributed by atoms with Crippen LogP contribution in [0.5, 0.6) is 0 Å². The van der Waals surface area contributed by atoms with E-state index in [4.69, 9.17) is 4.74 Å². The summed E-state index contributed by atoms with van der Waals surface area (Å²) in [6, 6.07) is -0.163. The van der Waals surface area contributed by atoms with Crippen molar-refractivity contribution in [3.05, 3.63) is 0 Å². The molecule has 0 radical (unpaired) electrons. The van der Waals surface area contributed by atoms with Gasteiger partial charge in [0.25, 0.3) is 0 Å². The molecule has 21 heavy (non-hydrogen) atoms. The molecule has 0 aromatic rings. The molecule has 2 rings (SSSR count). The van der Waals surface area contributed by atoms with Gasteiger partial charge in [-0.25, -0.2) is 0 Å². The molecule has 1 aliphatic heterocycles. The van der Waals surface area contributed by atoms with E-state index in [9.17, 15) is 9.59 Å². The van der Waals surface area contributed by atoms with Crippen LogP contribution in [0.3, 0.4) is 0 Å². The number of hydrogen-bond donors (Lipinski definition) is 1. The molecule has 0 aromatic carbocycles. The molecule has 1 saturated carbocycles. The Bertz CT molecular complexity index is 353. The minimum atomic E-state index is -0.314. The Morgan fingerprint density at radius 2 is 1.95 bits per heavy atom. The van der Waals surface area contributed by atoms with Gasteiger partial charge in [0.2, 0.25) is 11.8 Å². The van der Waals surface area contributed by atoms with E-state index in [0.29, 0.717) is 13.0 Å². The molecule has 2 fully saturated rings. The van der Waals surface area contributed by atoms with Crippen LogP contribution in [0, 0.1) is 0 Å². The standard InChI is InChI=1S/C16H28N2O3/c1-2-10-21-11-6-9-17-14-12-15(19)18(16(14)20)13-7-4-3-5-8-13/h13-14,17H,2-12H2,1H3. The van der Waals surface area contributed by atoms with E-state index in [1.54, 1.807) is 4.90 Å². The van der Waals surface area contributed by atoms with E-state index < -0.39 is 0 Å². The molecule has 0 spiro atoms. The third-order valence-electron chi connectivity index (χ3n) is 4.33. The van der Waals surface area contributed by atoms with Crippen LogP contribution in [-0.4, -0.2) is 48.6 Å². The van der Waals surface area contributed by atoms with Gasteiger partial charge < -0.3 is 10.1 Å². The van der Waals surface area contributed by atoms with E-state index in [1.807, 2.05) is 0 Å². The summed E-state index contributed by atoms with van der Waals surface area (Å²) in [7, 11) is 0. The first kappa shape index (κ1) is 16.4. The maximum absolute atomic E-state index is 12.4. The molecule has 1 unspecified atom stereocenters. The molecule has 2 aliphatic rings. The van der Waals surface area contributed by atoms with Crippen molar-refractivity contribution >= 4 is 11.8 Å². The molecule has 1 saturated heterocycles. The largest absolute Gasteiger partial charge is 0.381 e. The number of hydrogen-bond acceptors (Lipinski definition) is 4. The van der Waals surface area contributed by atoms with Crippen molar-refractivity contribution in [2.75, 3.05) is 19.8 Å². The number of imide groups is 1. The molecular formula is C16H28N2O3. The number of rotatable bonds is 8. The molecule has 1 aliphatic carbocycles. The number of amides is 2. The monoisotopic (exact) mass is 296 g/mol. The molecule has 0 bridgehead atoms. The van der Waals surface area contributed by atoms with Gasteiger partial charge in [0.05, 0.1) is 12.5 Å². The number of ether oxygens (including phenoxy) is 1. The number of nitrogens with one attached hydrogen (secondary N) is 1. The van der Waals surface area contributed by atoms with Crippen molar-refractivity contribution in [1.82, 2.24) is 10.2 Å². The molecule has 1 heterocycles. The van der Waals surface area contributed by atoms with Crippen molar-refractivity contribution in [3.8, 4) is 0 Å². The first-order valence-corrected chi connectivity index (χ1v) is 8.41. The van der Waals surface area contributed by atoms with Gasteiger partial charge in [-0.15, -0.1) is 0 Å². The van der Waals surface area contributed by atoms with Crippen LogP contribution in [0.25, 0.3) is 0 Å². The molecule has 120 valence electrons. The van der Waals surface area contributed by atoms with E-state index in [0.717, 1.165) is 51.7 Å². The van der Waals surface area contributed by atoms with Gasteiger partial charge in [-0.3, -0.25) is 14.5 Å². The van der Waals surface area contributed by atoms with Gasteiger partial charge in [-0.1, -0.05) is 26.2 Å². The molecule has 1 N–H and O–H groups in total. The predicted molar refractivity (Wildman–Crippen MR) is 80.9 cm³/mol. The van der Waals surface area contributed by atoms with Gasteiger partial charge >= 0.3 is 0 Å². The zero-order valence-corrected chi connectivity index (χ0v) is 13.1. The van der Waals surface area contributed by atoms with E-state index in [-0.39, 0.29) is 23.9 Å². The Hall–Kier alpha value is -0.940. The smallest absolute Gasteiger partial charge is 0.247 e. The van der Waals surface area contributed by atoms with Crippen molar-refractivity contribution in [2.45, 2.75) is 70.4 Å². The Labute approximate surface area is 127 Å². The lowest BCUT2D eigenvalue weighted by molar-refractivity contribution is -0.142. The highest BCUT2D eigenvalue weighted by Gasteiger charge is 2.42. The topological polar surface area (TPSA) is 58.6 Å². The van der Waals surface area contributed by atoms with E-state index in [2.05, 4.69) is 12.2 Å². The van der Waals surface area contributed by atoms with E-state index in [1.165, 1.54) is 6.42 Å². The van der Waals surface area contributed by atoms with Crippen LogP contribution < -0.4 is 5.32 Å². The fourth-order valence-corrected chi connectivity index (χ4v) is 3.23. The third-order valence-corrected chi connectivity index (χ3v) is 4.33. The second-order valence-corrected chi connectivity index (χ2v) is 6.07. The summed E-state index contributed by atoms with van der Waals surface area (Å²) >= 11 is 0. The van der Waals surface area contributed by atoms with Crippen molar-refractivity contribution in [2.24, 2.45) is 0 Å². The first-order valence-electron chi connectivity index (χ1n) is 8.41. The van der Waals surface area contributed by atoms with Crippen LogP contribution in [-0.2, 0) is 14.3 Å². The molecule has 5 nitrogen and oxygen atoms in total. The van der Waals surface area contributed by atoms with Gasteiger partial charge in [-0.05, 0) is 32.2 Å². The molecule has 5 heteroatoms. The molecular weight excluding hydrogens is 268 g/mol. The van der Waals surface area contributed by atoms with Crippen LogP contribution in [0.4, 0.5) is 0 Å². The number of carbonyl (C=O) groups is 2. The minimum Gasteiger partial charge on any atom is -0.381 e. The molecule has 2 amide bonds. The van der Waals surface area contributed by atoms with Gasteiger partial charge in [0.15, 0.2) is 0 Å². The quantitative estimate of drug-likeness (QED) is 0.548. The lowest BCUT2D eigenvalue weighted by Gasteiger charge is -2.29. The first-order chi connectivity index (χ1) is 10.2. The highest BCUT2D eigenvalue weighted by Crippen LogP contribution is 2.27. The number of likely N-dealkylation sites (tertiary alicyclic amines) is 1. The molecule has 0 aromatic heterocycles. The lowest BCUT2D eigenvalue weighted by atomic mass is 9.94. The van der Waals surface area contributed by atoms with Crippen LogP contribution in [0.1, 0.15) is 58.3 Å². The predicted octanol–water partition coefficient (Wildman–Crippen LogP) is 1.85. The second-order valence-electron chi connectivity index (χ2n) is 6.07. The Morgan fingerprint density at radius 3 is 2.67 bits per heavy atom. The van der Waals surface area contributed by atoms with Crippen LogP contribution in [0.15, 0.2) is 0 Å².